The summed E-state index contributed by atoms with van der Waals surface area (Å²) in [5.41, 5.74) is -0.00667. The summed E-state index contributed by atoms with van der Waals surface area (Å²) in [7, 11) is 0. The largest absolute Gasteiger partial charge is 0.418 e. The fourth-order valence-electron chi connectivity index (χ4n) is 1.87. The van der Waals surface area contributed by atoms with Crippen LogP contribution in [-0.2, 0) is 5.54 Å². The van der Waals surface area contributed by atoms with E-state index in [0.717, 1.165) is 0 Å². The fraction of sp³-hybridized carbons (Fsp3) is 0.727. The lowest BCUT2D eigenvalue weighted by molar-refractivity contribution is -0.207. The van der Waals surface area contributed by atoms with Crippen LogP contribution < -0.4 is 0 Å². The molecule has 0 aliphatic carbocycles. The molecule has 17 heavy (non-hydrogen) atoms. The maximum atomic E-state index is 12.5. The number of nitrogens with zero attached hydrogens (tertiary/aromatic N) is 2. The van der Waals surface area contributed by atoms with E-state index in [9.17, 15) is 18.3 Å². The molecule has 98 valence electrons. The summed E-state index contributed by atoms with van der Waals surface area (Å²) in [5.74, 6) is 0. The molecule has 0 fully saturated rings. The summed E-state index contributed by atoms with van der Waals surface area (Å²) in [6.07, 6.45) is -7.14. The van der Waals surface area contributed by atoms with Crippen molar-refractivity contribution in [2.75, 3.05) is 0 Å². The van der Waals surface area contributed by atoms with Gasteiger partial charge in [0.05, 0.1) is 11.2 Å². The molecule has 0 radical (unpaired) electrons. The third kappa shape index (κ3) is 2.62. The molecule has 1 aromatic rings. The average Bonchev–Trinajstić information content (AvgIpc) is 2.38. The molecule has 0 saturated carbocycles. The van der Waals surface area contributed by atoms with Crippen LogP contribution in [0.3, 0.4) is 0 Å². The van der Waals surface area contributed by atoms with Gasteiger partial charge in [0, 0.05) is 11.3 Å². The Morgan fingerprint density at radius 3 is 1.94 bits per heavy atom. The van der Waals surface area contributed by atoms with Gasteiger partial charge in [-0.15, -0.1) is 0 Å². The number of aryl methyl sites for hydroxylation is 1. The SMILES string of the molecule is Cc1nn(C(C)(C)C)c(C)c1C(O)C(F)(F)F. The molecular formula is C11H17F3N2O. The summed E-state index contributed by atoms with van der Waals surface area (Å²) in [6, 6.07) is 0. The molecule has 0 amide bonds. The van der Waals surface area contributed by atoms with Crippen molar-refractivity contribution in [3.63, 3.8) is 0 Å². The van der Waals surface area contributed by atoms with Gasteiger partial charge in [-0.05, 0) is 34.6 Å². The van der Waals surface area contributed by atoms with E-state index in [-0.39, 0.29) is 11.3 Å². The zero-order chi connectivity index (χ0) is 13.6. The van der Waals surface area contributed by atoms with Gasteiger partial charge in [-0.25, -0.2) is 0 Å². The van der Waals surface area contributed by atoms with Crippen LogP contribution in [0.1, 0.15) is 43.8 Å². The molecule has 1 heterocycles. The Morgan fingerprint density at radius 2 is 1.65 bits per heavy atom. The molecule has 0 saturated heterocycles. The minimum Gasteiger partial charge on any atom is -0.379 e. The van der Waals surface area contributed by atoms with Crippen LogP contribution >= 0.6 is 0 Å². The zero-order valence-corrected chi connectivity index (χ0v) is 10.6. The lowest BCUT2D eigenvalue weighted by Crippen LogP contribution is -2.25. The van der Waals surface area contributed by atoms with Crippen LogP contribution in [-0.4, -0.2) is 21.1 Å². The normalized spacial score (nSPS) is 15.1. The number of hydrogen-bond acceptors (Lipinski definition) is 2. The number of alkyl halides is 3. The Bertz CT molecular complexity index is 416. The first-order valence-electron chi connectivity index (χ1n) is 5.27. The van der Waals surface area contributed by atoms with Crippen molar-refractivity contribution in [2.24, 2.45) is 0 Å². The molecule has 1 unspecified atom stereocenters. The zero-order valence-electron chi connectivity index (χ0n) is 10.6. The Morgan fingerprint density at radius 1 is 1.18 bits per heavy atom. The first-order chi connectivity index (χ1) is 7.46. The van der Waals surface area contributed by atoms with Crippen molar-refractivity contribution in [3.8, 4) is 0 Å². The van der Waals surface area contributed by atoms with Gasteiger partial charge in [-0.1, -0.05) is 0 Å². The quantitative estimate of drug-likeness (QED) is 0.832. The standard InChI is InChI=1S/C11H17F3N2O/c1-6-8(9(17)11(12,13)14)7(2)16(15-6)10(3,4)5/h9,17H,1-5H3. The van der Waals surface area contributed by atoms with Gasteiger partial charge in [0.2, 0.25) is 0 Å². The van der Waals surface area contributed by atoms with Crippen molar-refractivity contribution in [2.45, 2.75) is 52.4 Å². The number of halogens is 3. The molecule has 0 aliphatic rings. The molecule has 1 N–H and O–H groups in total. The van der Waals surface area contributed by atoms with Crippen molar-refractivity contribution >= 4 is 0 Å². The highest BCUT2D eigenvalue weighted by Gasteiger charge is 2.42. The third-order valence-corrected chi connectivity index (χ3v) is 2.57. The Kier molecular flexibility index (Phi) is 3.31. The van der Waals surface area contributed by atoms with Crippen molar-refractivity contribution < 1.29 is 18.3 Å². The summed E-state index contributed by atoms with van der Waals surface area (Å²) in [4.78, 5) is 0. The van der Waals surface area contributed by atoms with E-state index < -0.39 is 17.8 Å². The molecule has 1 aromatic heterocycles. The van der Waals surface area contributed by atoms with Crippen LogP contribution in [0.4, 0.5) is 13.2 Å². The van der Waals surface area contributed by atoms with Gasteiger partial charge in [0.1, 0.15) is 0 Å². The van der Waals surface area contributed by atoms with E-state index in [1.807, 2.05) is 20.8 Å². The Balaban J connectivity index is 3.33. The van der Waals surface area contributed by atoms with E-state index >= 15 is 0 Å². The van der Waals surface area contributed by atoms with E-state index in [2.05, 4.69) is 5.10 Å². The summed E-state index contributed by atoms with van der Waals surface area (Å²) in [6.45, 7) is 8.54. The fourth-order valence-corrected chi connectivity index (χ4v) is 1.87. The molecule has 1 atom stereocenters. The van der Waals surface area contributed by atoms with E-state index in [1.54, 1.807) is 0 Å². The van der Waals surface area contributed by atoms with E-state index in [1.165, 1.54) is 18.5 Å². The first kappa shape index (κ1) is 14.0. The van der Waals surface area contributed by atoms with Gasteiger partial charge in [-0.2, -0.15) is 18.3 Å². The Labute approximate surface area is 98.2 Å². The van der Waals surface area contributed by atoms with Gasteiger partial charge in [0.25, 0.3) is 0 Å². The predicted molar refractivity (Wildman–Crippen MR) is 57.7 cm³/mol. The van der Waals surface area contributed by atoms with Crippen LogP contribution in [0.2, 0.25) is 0 Å². The van der Waals surface area contributed by atoms with Crippen molar-refractivity contribution in [1.82, 2.24) is 9.78 Å². The second-order valence-electron chi connectivity index (χ2n) is 5.11. The summed E-state index contributed by atoms with van der Waals surface area (Å²) in [5, 5.41) is 13.4. The minimum absolute atomic E-state index is 0.146. The molecular weight excluding hydrogens is 233 g/mol. The predicted octanol–water partition coefficient (Wildman–Crippen LogP) is 2.85. The highest BCUT2D eigenvalue weighted by molar-refractivity contribution is 5.28. The van der Waals surface area contributed by atoms with Crippen LogP contribution in [0.25, 0.3) is 0 Å². The van der Waals surface area contributed by atoms with Gasteiger partial charge in [-0.3, -0.25) is 4.68 Å². The number of hydrogen-bond donors (Lipinski definition) is 1. The molecule has 0 aliphatic heterocycles. The first-order valence-corrected chi connectivity index (χ1v) is 5.27. The lowest BCUT2D eigenvalue weighted by Gasteiger charge is -2.22. The van der Waals surface area contributed by atoms with Crippen LogP contribution in [0.5, 0.6) is 0 Å². The molecule has 0 spiro atoms. The molecule has 1 rings (SSSR count). The van der Waals surface area contributed by atoms with E-state index in [0.29, 0.717) is 5.69 Å². The number of rotatable bonds is 1. The summed E-state index contributed by atoms with van der Waals surface area (Å²) >= 11 is 0. The highest BCUT2D eigenvalue weighted by atomic mass is 19.4. The van der Waals surface area contributed by atoms with Gasteiger partial charge in [0.15, 0.2) is 6.10 Å². The maximum absolute atomic E-state index is 12.5. The molecule has 0 bridgehead atoms. The average molecular weight is 250 g/mol. The lowest BCUT2D eigenvalue weighted by atomic mass is 10.1. The smallest absolute Gasteiger partial charge is 0.379 e. The monoisotopic (exact) mass is 250 g/mol. The molecule has 6 heteroatoms. The van der Waals surface area contributed by atoms with Crippen molar-refractivity contribution in [3.05, 3.63) is 17.0 Å². The number of aliphatic hydroxyl groups is 1. The van der Waals surface area contributed by atoms with Crippen LogP contribution in [0.15, 0.2) is 0 Å². The van der Waals surface area contributed by atoms with Crippen molar-refractivity contribution in [1.29, 1.82) is 0 Å². The minimum atomic E-state index is -4.67. The highest BCUT2D eigenvalue weighted by Crippen LogP contribution is 2.36. The third-order valence-electron chi connectivity index (χ3n) is 2.57. The van der Waals surface area contributed by atoms with E-state index in [4.69, 9.17) is 0 Å². The molecule has 3 nitrogen and oxygen atoms in total. The maximum Gasteiger partial charge on any atom is 0.418 e. The van der Waals surface area contributed by atoms with Gasteiger partial charge < -0.3 is 5.11 Å². The second kappa shape index (κ2) is 4.01. The number of aliphatic hydroxyl groups excluding tert-OH is 1. The van der Waals surface area contributed by atoms with Gasteiger partial charge >= 0.3 is 6.18 Å². The topological polar surface area (TPSA) is 38.0 Å². The second-order valence-corrected chi connectivity index (χ2v) is 5.11. The Hall–Kier alpha value is -1.04. The van der Waals surface area contributed by atoms with Crippen LogP contribution in [0, 0.1) is 13.8 Å². The summed E-state index contributed by atoms with van der Waals surface area (Å²) < 4.78 is 39.0. The molecule has 0 aromatic carbocycles. The number of aromatic nitrogens is 2.